The van der Waals surface area contributed by atoms with Crippen molar-refractivity contribution < 1.29 is 45.2 Å². The number of unbranched alkanes of at least 4 members (excludes halogenated alkanes) is 3. The number of hydrogen-bond acceptors (Lipinski definition) is 6. The summed E-state index contributed by atoms with van der Waals surface area (Å²) in [6, 6.07) is 6.37. The summed E-state index contributed by atoms with van der Waals surface area (Å²) in [4.78, 5) is 10.4. The highest BCUT2D eigenvalue weighted by atomic mass is 32.2. The highest BCUT2D eigenvalue weighted by Crippen LogP contribution is 2.47. The number of aliphatic carboxylic acids is 1. The molecular weight excluding hydrogens is 522 g/mol. The van der Waals surface area contributed by atoms with Gasteiger partial charge in [-0.15, -0.1) is 0 Å². The summed E-state index contributed by atoms with van der Waals surface area (Å²) >= 11 is 0. The van der Waals surface area contributed by atoms with Gasteiger partial charge in [0, 0.05) is 37.3 Å². The van der Waals surface area contributed by atoms with Crippen LogP contribution in [-0.2, 0) is 30.4 Å². The molecule has 1 aliphatic rings. The van der Waals surface area contributed by atoms with E-state index in [0.717, 1.165) is 22.3 Å². The van der Waals surface area contributed by atoms with E-state index < -0.39 is 31.6 Å². The van der Waals surface area contributed by atoms with E-state index in [2.05, 4.69) is 4.58 Å². The molecule has 2 aromatic carbocycles. The fourth-order valence-electron chi connectivity index (χ4n) is 4.79. The van der Waals surface area contributed by atoms with Gasteiger partial charge in [-0.2, -0.15) is 21.4 Å². The molecule has 1 aliphatic heterocycles. The zero-order chi connectivity index (χ0) is 27.6. The van der Waals surface area contributed by atoms with Crippen molar-refractivity contribution in [2.45, 2.75) is 69.6 Å². The maximum Gasteiger partial charge on any atom is 0.303 e. The molecule has 0 unspecified atom stereocenters. The molecule has 0 radical (unpaired) electrons. The predicted molar refractivity (Wildman–Crippen MR) is 140 cm³/mol. The Bertz CT molecular complexity index is 1440. The van der Waals surface area contributed by atoms with Crippen molar-refractivity contribution in [3.8, 4) is 5.75 Å². The van der Waals surface area contributed by atoms with E-state index in [9.17, 15) is 26.2 Å². The number of rotatable bonds is 13. The van der Waals surface area contributed by atoms with Crippen molar-refractivity contribution in [1.29, 1.82) is 0 Å². The van der Waals surface area contributed by atoms with Crippen molar-refractivity contribution in [3.05, 3.63) is 29.8 Å². The standard InChI is InChI=1S/C25H33NO9S2/c1-17-25(2,3)24-20(26(17)12-6-8-14-36(29,30)31)11-10-18-15-19(37(32,33)34)16-21(23(18)24)35-13-7-4-5-9-22(27)28/h10-11,15-16H,4-9,12-14H2,1-3H3,(H2-,27,28,29,30,31,32,33,34)/p+1. The molecule has 0 atom stereocenters. The highest BCUT2D eigenvalue weighted by molar-refractivity contribution is 7.86. The van der Waals surface area contributed by atoms with Gasteiger partial charge < -0.3 is 9.84 Å². The van der Waals surface area contributed by atoms with Gasteiger partial charge in [-0.3, -0.25) is 13.9 Å². The monoisotopic (exact) mass is 556 g/mol. The van der Waals surface area contributed by atoms with E-state index in [1.165, 1.54) is 12.1 Å². The van der Waals surface area contributed by atoms with Crippen LogP contribution in [-0.4, -0.2) is 66.2 Å². The lowest BCUT2D eigenvalue weighted by Crippen LogP contribution is -2.27. The Kier molecular flexibility index (Phi) is 8.68. The van der Waals surface area contributed by atoms with Gasteiger partial charge in [-0.25, -0.2) is 0 Å². The summed E-state index contributed by atoms with van der Waals surface area (Å²) in [5, 5.41) is 10.1. The quantitative estimate of drug-likeness (QED) is 0.187. The molecule has 1 heterocycles. The number of fused-ring (bicyclic) bond motifs is 3. The second kappa shape index (κ2) is 11.1. The minimum atomic E-state index is -4.49. The molecule has 0 spiro atoms. The second-order valence-electron chi connectivity index (χ2n) is 9.86. The molecule has 2 aromatic rings. The predicted octanol–water partition coefficient (Wildman–Crippen LogP) is 4.17. The zero-order valence-corrected chi connectivity index (χ0v) is 22.9. The fraction of sp³-hybridized carbons (Fsp3) is 0.520. The van der Waals surface area contributed by atoms with Crippen molar-refractivity contribution in [1.82, 2.24) is 0 Å². The average molecular weight is 557 g/mol. The third-order valence-electron chi connectivity index (χ3n) is 6.88. The van der Waals surface area contributed by atoms with Gasteiger partial charge in [-0.1, -0.05) is 0 Å². The molecule has 0 bridgehead atoms. The molecule has 0 aliphatic carbocycles. The van der Waals surface area contributed by atoms with Crippen LogP contribution in [0.3, 0.4) is 0 Å². The largest absolute Gasteiger partial charge is 0.493 e. The van der Waals surface area contributed by atoms with Crippen LogP contribution >= 0.6 is 0 Å². The zero-order valence-electron chi connectivity index (χ0n) is 21.2. The minimum Gasteiger partial charge on any atom is -0.493 e. The molecule has 12 heteroatoms. The first-order chi connectivity index (χ1) is 17.1. The van der Waals surface area contributed by atoms with Crippen molar-refractivity contribution >= 4 is 48.4 Å². The molecule has 0 saturated heterocycles. The fourth-order valence-corrected chi connectivity index (χ4v) is 5.89. The average Bonchev–Trinajstić information content (AvgIpc) is 2.97. The smallest absolute Gasteiger partial charge is 0.303 e. The Balaban J connectivity index is 2.00. The van der Waals surface area contributed by atoms with Crippen LogP contribution in [0, 0.1) is 0 Å². The third-order valence-corrected chi connectivity index (χ3v) is 8.52. The Labute approximate surface area is 217 Å². The minimum absolute atomic E-state index is 0.0675. The summed E-state index contributed by atoms with van der Waals surface area (Å²) in [6.45, 7) is 6.86. The third kappa shape index (κ3) is 6.86. The lowest BCUT2D eigenvalue weighted by atomic mass is 9.79. The van der Waals surface area contributed by atoms with E-state index >= 15 is 0 Å². The molecule has 0 fully saturated rings. The number of carbonyl (C=O) groups is 1. The summed E-state index contributed by atoms with van der Waals surface area (Å²) in [7, 11) is -8.51. The van der Waals surface area contributed by atoms with Gasteiger partial charge in [0.1, 0.15) is 12.3 Å². The van der Waals surface area contributed by atoms with E-state index in [1.54, 1.807) is 6.07 Å². The van der Waals surface area contributed by atoms with Gasteiger partial charge in [0.25, 0.3) is 20.2 Å². The van der Waals surface area contributed by atoms with Crippen LogP contribution < -0.4 is 4.74 Å². The first-order valence-electron chi connectivity index (χ1n) is 12.1. The Morgan fingerprint density at radius 2 is 1.70 bits per heavy atom. The van der Waals surface area contributed by atoms with E-state index in [0.29, 0.717) is 49.8 Å². The molecule has 0 amide bonds. The molecule has 0 saturated carbocycles. The van der Waals surface area contributed by atoms with Gasteiger partial charge in [0.05, 0.1) is 28.2 Å². The summed E-state index contributed by atoms with van der Waals surface area (Å²) in [6.07, 6.45) is 2.63. The van der Waals surface area contributed by atoms with Crippen molar-refractivity contribution in [3.63, 3.8) is 0 Å². The molecule has 204 valence electrons. The summed E-state index contributed by atoms with van der Waals surface area (Å²) < 4.78 is 73.0. The molecule has 3 rings (SSSR count). The lowest BCUT2D eigenvalue weighted by Gasteiger charge is -2.20. The van der Waals surface area contributed by atoms with Gasteiger partial charge in [0.15, 0.2) is 5.71 Å². The van der Waals surface area contributed by atoms with E-state index in [-0.39, 0.29) is 23.7 Å². The van der Waals surface area contributed by atoms with E-state index in [1.807, 2.05) is 26.8 Å². The molecule has 37 heavy (non-hydrogen) atoms. The number of benzene rings is 2. The van der Waals surface area contributed by atoms with Crippen LogP contribution in [0.2, 0.25) is 0 Å². The first kappa shape index (κ1) is 29.0. The number of carboxylic acids is 1. The summed E-state index contributed by atoms with van der Waals surface area (Å²) in [5.74, 6) is -0.856. The molecule has 3 N–H and O–H groups in total. The van der Waals surface area contributed by atoms with Crippen LogP contribution in [0.4, 0.5) is 5.69 Å². The normalized spacial score (nSPS) is 15.3. The van der Waals surface area contributed by atoms with Crippen molar-refractivity contribution in [2.75, 3.05) is 18.9 Å². The molecular formula is C25H34NO9S2+. The maximum atomic E-state index is 12.0. The lowest BCUT2D eigenvalue weighted by molar-refractivity contribution is -0.439. The number of ether oxygens (including phenoxy) is 1. The first-order valence-corrected chi connectivity index (χ1v) is 15.2. The van der Waals surface area contributed by atoms with Gasteiger partial charge >= 0.3 is 5.97 Å². The Hall–Kier alpha value is -2.54. The van der Waals surface area contributed by atoms with E-state index in [4.69, 9.17) is 14.4 Å². The number of carboxylic acid groups (broad SMARTS) is 1. The van der Waals surface area contributed by atoms with Crippen LogP contribution in [0.5, 0.6) is 5.75 Å². The molecule has 0 aromatic heterocycles. The maximum absolute atomic E-state index is 12.0. The highest BCUT2D eigenvalue weighted by Gasteiger charge is 2.45. The van der Waals surface area contributed by atoms with Crippen LogP contribution in [0.1, 0.15) is 64.9 Å². The number of hydrogen-bond donors (Lipinski definition) is 3. The van der Waals surface area contributed by atoms with Crippen LogP contribution in [0.25, 0.3) is 10.8 Å². The topological polar surface area (TPSA) is 158 Å². The summed E-state index contributed by atoms with van der Waals surface area (Å²) in [5.41, 5.74) is 2.39. The van der Waals surface area contributed by atoms with Crippen LogP contribution in [0.15, 0.2) is 29.2 Å². The Morgan fingerprint density at radius 1 is 1.00 bits per heavy atom. The Morgan fingerprint density at radius 3 is 2.32 bits per heavy atom. The van der Waals surface area contributed by atoms with Crippen molar-refractivity contribution in [2.24, 2.45) is 0 Å². The van der Waals surface area contributed by atoms with Gasteiger partial charge in [0.2, 0.25) is 5.69 Å². The van der Waals surface area contributed by atoms with Gasteiger partial charge in [-0.05, 0) is 57.0 Å². The SMILES string of the molecule is CC1=[N+](CCCCS(=O)(=O)O)c2ccc3cc(S(=O)(=O)O)cc(OCCCCCC(=O)O)c3c2C1(C)C. The second-order valence-corrected chi connectivity index (χ2v) is 12.9. The molecule has 10 nitrogen and oxygen atoms in total. The number of nitrogens with zero attached hydrogens (tertiary/aromatic N) is 1.